The first-order valence-electron chi connectivity index (χ1n) is 6.90. The van der Waals surface area contributed by atoms with Gasteiger partial charge in [-0.05, 0) is 30.7 Å². The Kier molecular flexibility index (Phi) is 6.16. The molecule has 0 aliphatic heterocycles. The summed E-state index contributed by atoms with van der Waals surface area (Å²) < 4.78 is 5.22. The maximum Gasteiger partial charge on any atom is 0.234 e. The van der Waals surface area contributed by atoms with Crippen LogP contribution in [-0.2, 0) is 4.79 Å². The molecule has 0 unspecified atom stereocenters. The molecular weight excluding hydrogens is 318 g/mol. The maximum absolute atomic E-state index is 12.1. The highest BCUT2D eigenvalue weighted by Crippen LogP contribution is 2.30. The van der Waals surface area contributed by atoms with Gasteiger partial charge in [-0.15, -0.1) is 11.8 Å². The minimum Gasteiger partial charge on any atom is -0.495 e. The quantitative estimate of drug-likeness (QED) is 0.825. The van der Waals surface area contributed by atoms with E-state index in [1.54, 1.807) is 37.1 Å². The van der Waals surface area contributed by atoms with Crippen molar-refractivity contribution in [2.45, 2.75) is 12.2 Å². The fraction of sp³-hybridized carbons (Fsp3) is 0.235. The molecule has 0 saturated heterocycles. The molecule has 0 aromatic heterocycles. The fourth-order valence-electron chi connectivity index (χ4n) is 1.99. The Morgan fingerprint density at radius 3 is 2.68 bits per heavy atom. The van der Waals surface area contributed by atoms with Crippen LogP contribution in [0.3, 0.4) is 0 Å². The third-order valence-corrected chi connectivity index (χ3v) is 4.61. The van der Waals surface area contributed by atoms with Crippen LogP contribution in [0.25, 0.3) is 0 Å². The zero-order valence-electron chi connectivity index (χ0n) is 12.5. The summed E-state index contributed by atoms with van der Waals surface area (Å²) in [6.45, 7) is 2.09. The smallest absolute Gasteiger partial charge is 0.234 e. The van der Waals surface area contributed by atoms with E-state index in [1.165, 1.54) is 5.56 Å². The van der Waals surface area contributed by atoms with Gasteiger partial charge in [-0.2, -0.15) is 0 Å². The number of nitrogens with one attached hydrogen (secondary N) is 1. The van der Waals surface area contributed by atoms with Crippen LogP contribution in [0.15, 0.2) is 48.5 Å². The summed E-state index contributed by atoms with van der Waals surface area (Å²) in [7, 11) is 1.56. The normalized spacial score (nSPS) is 11.8. The van der Waals surface area contributed by atoms with Crippen LogP contribution >= 0.6 is 23.4 Å². The van der Waals surface area contributed by atoms with Crippen molar-refractivity contribution in [3.8, 4) is 5.75 Å². The highest BCUT2D eigenvalue weighted by molar-refractivity contribution is 8.00. The minimum atomic E-state index is -0.0756. The summed E-state index contributed by atoms with van der Waals surface area (Å²) in [6.07, 6.45) is 0. The van der Waals surface area contributed by atoms with Gasteiger partial charge in [-0.3, -0.25) is 4.79 Å². The number of halogens is 1. The zero-order valence-corrected chi connectivity index (χ0v) is 14.1. The van der Waals surface area contributed by atoms with Crippen LogP contribution in [-0.4, -0.2) is 18.8 Å². The summed E-state index contributed by atoms with van der Waals surface area (Å²) in [5.74, 6) is 0.887. The number of hydrogen-bond donors (Lipinski definition) is 1. The lowest BCUT2D eigenvalue weighted by Gasteiger charge is -2.13. The Bertz CT molecular complexity index is 634. The largest absolute Gasteiger partial charge is 0.495 e. The van der Waals surface area contributed by atoms with Crippen molar-refractivity contribution >= 4 is 35.0 Å². The van der Waals surface area contributed by atoms with Crippen molar-refractivity contribution < 1.29 is 9.53 Å². The van der Waals surface area contributed by atoms with E-state index >= 15 is 0 Å². The van der Waals surface area contributed by atoms with E-state index in [9.17, 15) is 4.79 Å². The molecule has 0 saturated carbocycles. The highest BCUT2D eigenvalue weighted by Gasteiger charge is 2.11. The standard InChI is InChI=1S/C17H18ClNO2S/c1-12(13-6-4-3-5-7-13)22-11-17(20)19-15-10-14(18)8-9-16(15)21-2/h3-10,12H,11H2,1-2H3,(H,19,20)/t12-/m1/s1. The van der Waals surface area contributed by atoms with Gasteiger partial charge in [-0.1, -0.05) is 41.9 Å². The van der Waals surface area contributed by atoms with E-state index in [4.69, 9.17) is 16.3 Å². The van der Waals surface area contributed by atoms with Gasteiger partial charge in [0, 0.05) is 10.3 Å². The molecule has 0 heterocycles. The molecule has 0 spiro atoms. The number of amides is 1. The van der Waals surface area contributed by atoms with E-state index in [1.807, 2.05) is 18.2 Å². The molecule has 3 nitrogen and oxygen atoms in total. The summed E-state index contributed by atoms with van der Waals surface area (Å²) in [5.41, 5.74) is 1.80. The second kappa shape index (κ2) is 8.11. The van der Waals surface area contributed by atoms with Crippen LogP contribution in [0.4, 0.5) is 5.69 Å². The van der Waals surface area contributed by atoms with E-state index < -0.39 is 0 Å². The molecule has 0 aliphatic rings. The van der Waals surface area contributed by atoms with Crippen LogP contribution in [0.2, 0.25) is 5.02 Å². The number of carbonyl (C=O) groups is 1. The molecule has 5 heteroatoms. The predicted molar refractivity (Wildman–Crippen MR) is 93.9 cm³/mol. The predicted octanol–water partition coefficient (Wildman–Crippen LogP) is 4.78. The Morgan fingerprint density at radius 2 is 2.00 bits per heavy atom. The molecule has 0 radical (unpaired) electrons. The van der Waals surface area contributed by atoms with Crippen molar-refractivity contribution in [3.05, 3.63) is 59.1 Å². The molecule has 0 fully saturated rings. The van der Waals surface area contributed by atoms with Crippen LogP contribution in [0.5, 0.6) is 5.75 Å². The number of benzene rings is 2. The zero-order chi connectivity index (χ0) is 15.9. The maximum atomic E-state index is 12.1. The first-order valence-corrected chi connectivity index (χ1v) is 8.32. The lowest BCUT2D eigenvalue weighted by Crippen LogP contribution is -2.15. The van der Waals surface area contributed by atoms with Crippen LogP contribution < -0.4 is 10.1 Å². The van der Waals surface area contributed by atoms with Gasteiger partial charge in [0.25, 0.3) is 0 Å². The lowest BCUT2D eigenvalue weighted by molar-refractivity contribution is -0.113. The molecule has 1 amide bonds. The summed E-state index contributed by atoms with van der Waals surface area (Å²) in [4.78, 5) is 12.1. The first-order chi connectivity index (χ1) is 10.6. The summed E-state index contributed by atoms with van der Waals surface area (Å²) in [5, 5.41) is 3.65. The number of thioether (sulfide) groups is 1. The third-order valence-electron chi connectivity index (χ3n) is 3.17. The Labute approximate surface area is 140 Å². The Hall–Kier alpha value is -1.65. The molecule has 1 atom stereocenters. The second-order valence-electron chi connectivity index (χ2n) is 4.76. The fourth-order valence-corrected chi connectivity index (χ4v) is 2.98. The topological polar surface area (TPSA) is 38.3 Å². The molecule has 116 valence electrons. The van der Waals surface area contributed by atoms with Gasteiger partial charge in [0.05, 0.1) is 18.6 Å². The van der Waals surface area contributed by atoms with Gasteiger partial charge in [-0.25, -0.2) is 0 Å². The summed E-state index contributed by atoms with van der Waals surface area (Å²) >= 11 is 7.54. The average Bonchev–Trinajstić information content (AvgIpc) is 2.53. The molecule has 22 heavy (non-hydrogen) atoms. The van der Waals surface area contributed by atoms with E-state index in [0.717, 1.165) is 0 Å². The SMILES string of the molecule is COc1ccc(Cl)cc1NC(=O)CS[C@H](C)c1ccccc1. The molecule has 2 aromatic rings. The molecule has 0 aliphatic carbocycles. The van der Waals surface area contributed by atoms with Gasteiger partial charge in [0.2, 0.25) is 5.91 Å². The summed E-state index contributed by atoms with van der Waals surface area (Å²) in [6, 6.07) is 15.3. The number of carbonyl (C=O) groups excluding carboxylic acids is 1. The van der Waals surface area contributed by atoms with E-state index in [-0.39, 0.29) is 11.2 Å². The van der Waals surface area contributed by atoms with Crippen LogP contribution in [0.1, 0.15) is 17.7 Å². The van der Waals surface area contributed by atoms with Crippen LogP contribution in [0, 0.1) is 0 Å². The third kappa shape index (κ3) is 4.68. The Balaban J connectivity index is 1.92. The van der Waals surface area contributed by atoms with Crippen molar-refractivity contribution in [3.63, 3.8) is 0 Å². The van der Waals surface area contributed by atoms with E-state index in [2.05, 4.69) is 24.4 Å². The van der Waals surface area contributed by atoms with Gasteiger partial charge < -0.3 is 10.1 Å². The lowest BCUT2D eigenvalue weighted by atomic mass is 10.2. The monoisotopic (exact) mass is 335 g/mol. The number of rotatable bonds is 6. The molecule has 1 N–H and O–H groups in total. The van der Waals surface area contributed by atoms with Gasteiger partial charge >= 0.3 is 0 Å². The van der Waals surface area contributed by atoms with E-state index in [0.29, 0.717) is 22.2 Å². The van der Waals surface area contributed by atoms with Crippen molar-refractivity contribution in [2.24, 2.45) is 0 Å². The number of hydrogen-bond acceptors (Lipinski definition) is 3. The Morgan fingerprint density at radius 1 is 1.27 bits per heavy atom. The average molecular weight is 336 g/mol. The number of methoxy groups -OCH3 is 1. The minimum absolute atomic E-state index is 0.0756. The van der Waals surface area contributed by atoms with Gasteiger partial charge in [0.15, 0.2) is 0 Å². The van der Waals surface area contributed by atoms with Crippen molar-refractivity contribution in [1.29, 1.82) is 0 Å². The van der Waals surface area contributed by atoms with Crippen molar-refractivity contribution in [1.82, 2.24) is 0 Å². The molecule has 0 bridgehead atoms. The van der Waals surface area contributed by atoms with Gasteiger partial charge in [0.1, 0.15) is 5.75 Å². The first kappa shape index (κ1) is 16.7. The molecule has 2 rings (SSSR count). The van der Waals surface area contributed by atoms with Crippen molar-refractivity contribution in [2.75, 3.05) is 18.2 Å². The highest BCUT2D eigenvalue weighted by atomic mass is 35.5. The second-order valence-corrected chi connectivity index (χ2v) is 6.52. The number of anilines is 1. The molecular formula is C17H18ClNO2S. The molecule has 2 aromatic carbocycles. The number of ether oxygens (including phenoxy) is 1.